The van der Waals surface area contributed by atoms with Gasteiger partial charge in [0.2, 0.25) is 5.91 Å². The minimum Gasteiger partial charge on any atom is -0.481 e. The molecule has 2 heterocycles. The van der Waals surface area contributed by atoms with Crippen molar-refractivity contribution in [2.24, 2.45) is 18.4 Å². The highest BCUT2D eigenvalue weighted by atomic mass is 16.5. The van der Waals surface area contributed by atoms with E-state index >= 15 is 0 Å². The average Bonchev–Trinajstić information content (AvgIpc) is 2.79. The van der Waals surface area contributed by atoms with E-state index in [1.54, 1.807) is 0 Å². The number of aromatic nitrogens is 2. The molecule has 1 saturated heterocycles. The lowest BCUT2D eigenvalue weighted by molar-refractivity contribution is -0.154. The van der Waals surface area contributed by atoms with Gasteiger partial charge in [0.1, 0.15) is 0 Å². The van der Waals surface area contributed by atoms with Gasteiger partial charge in [0, 0.05) is 38.4 Å². The number of carboxylic acid groups (broad SMARTS) is 1. The maximum absolute atomic E-state index is 12.4. The highest BCUT2D eigenvalue weighted by Gasteiger charge is 2.40. The van der Waals surface area contributed by atoms with Crippen LogP contribution in [0.4, 0.5) is 0 Å². The van der Waals surface area contributed by atoms with Gasteiger partial charge in [-0.1, -0.05) is 6.92 Å². The smallest absolute Gasteiger partial charge is 0.311 e. The summed E-state index contributed by atoms with van der Waals surface area (Å²) in [5.74, 6) is -1.22. The molecule has 7 heteroatoms. The number of aliphatic carboxylic acids is 1. The van der Waals surface area contributed by atoms with Crippen LogP contribution in [0.25, 0.3) is 0 Å². The van der Waals surface area contributed by atoms with Crippen LogP contribution in [0.15, 0.2) is 0 Å². The second-order valence-corrected chi connectivity index (χ2v) is 6.79. The number of carbonyl (C=O) groups is 2. The predicted molar refractivity (Wildman–Crippen MR) is 88.7 cm³/mol. The lowest BCUT2D eigenvalue weighted by Crippen LogP contribution is -2.47. The highest BCUT2D eigenvalue weighted by Crippen LogP contribution is 2.30. The molecule has 1 amide bonds. The van der Waals surface area contributed by atoms with Crippen LogP contribution in [-0.2, 0) is 27.8 Å². The van der Waals surface area contributed by atoms with E-state index in [1.807, 2.05) is 32.5 Å². The zero-order valence-electron chi connectivity index (χ0n) is 14.9. The van der Waals surface area contributed by atoms with Gasteiger partial charge in [-0.05, 0) is 38.7 Å². The third-order valence-electron chi connectivity index (χ3n) is 5.12. The molecule has 1 fully saturated rings. The van der Waals surface area contributed by atoms with Crippen molar-refractivity contribution in [3.8, 4) is 0 Å². The van der Waals surface area contributed by atoms with E-state index in [2.05, 4.69) is 10.4 Å². The fourth-order valence-electron chi connectivity index (χ4n) is 3.17. The molecule has 7 nitrogen and oxygen atoms in total. The SMILES string of the molecule is Cc1nn(C)c(C)c1CC(C)C(=O)NCC1(C(=O)O)CCOCC1. The summed E-state index contributed by atoms with van der Waals surface area (Å²) in [5.41, 5.74) is 2.16. The molecule has 0 saturated carbocycles. The maximum Gasteiger partial charge on any atom is 0.311 e. The summed E-state index contributed by atoms with van der Waals surface area (Å²) in [5, 5.41) is 16.7. The number of rotatable bonds is 6. The first-order chi connectivity index (χ1) is 11.3. The number of amides is 1. The summed E-state index contributed by atoms with van der Waals surface area (Å²) >= 11 is 0. The number of nitrogens with one attached hydrogen (secondary N) is 1. The first-order valence-corrected chi connectivity index (χ1v) is 8.35. The summed E-state index contributed by atoms with van der Waals surface area (Å²) in [4.78, 5) is 24.0. The third-order valence-corrected chi connectivity index (χ3v) is 5.12. The van der Waals surface area contributed by atoms with Crippen LogP contribution in [0.3, 0.4) is 0 Å². The van der Waals surface area contributed by atoms with Crippen LogP contribution in [-0.4, -0.2) is 46.5 Å². The number of aryl methyl sites for hydroxylation is 2. The summed E-state index contributed by atoms with van der Waals surface area (Å²) in [6, 6.07) is 0. The van der Waals surface area contributed by atoms with Crippen molar-refractivity contribution < 1.29 is 19.4 Å². The molecule has 24 heavy (non-hydrogen) atoms. The Morgan fingerprint density at radius 3 is 2.50 bits per heavy atom. The Labute approximate surface area is 142 Å². The van der Waals surface area contributed by atoms with Crippen molar-refractivity contribution in [1.82, 2.24) is 15.1 Å². The van der Waals surface area contributed by atoms with Gasteiger partial charge in [0.05, 0.1) is 11.1 Å². The van der Waals surface area contributed by atoms with Crippen molar-refractivity contribution in [3.05, 3.63) is 17.0 Å². The van der Waals surface area contributed by atoms with E-state index < -0.39 is 11.4 Å². The number of carboxylic acids is 1. The van der Waals surface area contributed by atoms with Gasteiger partial charge in [-0.3, -0.25) is 14.3 Å². The topological polar surface area (TPSA) is 93.5 Å². The van der Waals surface area contributed by atoms with Gasteiger partial charge in [-0.25, -0.2) is 0 Å². The molecule has 2 N–H and O–H groups in total. The number of hydrogen-bond donors (Lipinski definition) is 2. The van der Waals surface area contributed by atoms with Gasteiger partial charge in [-0.15, -0.1) is 0 Å². The lowest BCUT2D eigenvalue weighted by Gasteiger charge is -2.33. The quantitative estimate of drug-likeness (QED) is 0.814. The summed E-state index contributed by atoms with van der Waals surface area (Å²) in [6.45, 7) is 6.78. The first-order valence-electron chi connectivity index (χ1n) is 8.35. The van der Waals surface area contributed by atoms with Crippen molar-refractivity contribution >= 4 is 11.9 Å². The Morgan fingerprint density at radius 2 is 2.00 bits per heavy atom. The molecular formula is C17H27N3O4. The largest absolute Gasteiger partial charge is 0.481 e. The molecule has 1 unspecified atom stereocenters. The summed E-state index contributed by atoms with van der Waals surface area (Å²) in [7, 11) is 1.89. The maximum atomic E-state index is 12.4. The van der Waals surface area contributed by atoms with E-state index in [9.17, 15) is 14.7 Å². The zero-order chi connectivity index (χ0) is 17.9. The molecule has 1 aliphatic heterocycles. The van der Waals surface area contributed by atoms with Crippen molar-refractivity contribution in [1.29, 1.82) is 0 Å². The van der Waals surface area contributed by atoms with E-state index in [-0.39, 0.29) is 18.4 Å². The van der Waals surface area contributed by atoms with E-state index in [0.717, 1.165) is 17.0 Å². The molecule has 1 aliphatic rings. The minimum atomic E-state index is -0.909. The van der Waals surface area contributed by atoms with Crippen LogP contribution in [0.1, 0.15) is 36.7 Å². The first kappa shape index (κ1) is 18.4. The molecular weight excluding hydrogens is 310 g/mol. The molecule has 0 aromatic carbocycles. The van der Waals surface area contributed by atoms with Crippen molar-refractivity contribution in [2.75, 3.05) is 19.8 Å². The predicted octanol–water partition coefficient (Wildman–Crippen LogP) is 1.21. The third kappa shape index (κ3) is 3.77. The molecule has 1 atom stereocenters. The van der Waals surface area contributed by atoms with Gasteiger partial charge in [-0.2, -0.15) is 5.10 Å². The number of hydrogen-bond acceptors (Lipinski definition) is 4. The molecule has 0 bridgehead atoms. The Morgan fingerprint density at radius 1 is 1.38 bits per heavy atom. The Bertz CT molecular complexity index is 618. The standard InChI is InChI=1S/C17H27N3O4/c1-11(9-14-12(2)19-20(4)13(14)3)15(21)18-10-17(16(22)23)5-7-24-8-6-17/h11H,5-10H2,1-4H3,(H,18,21)(H,22,23). The Kier molecular flexibility index (Phi) is 5.64. The molecule has 0 spiro atoms. The Balaban J connectivity index is 1.97. The van der Waals surface area contributed by atoms with Crippen LogP contribution in [0, 0.1) is 25.2 Å². The lowest BCUT2D eigenvalue weighted by atomic mass is 9.80. The summed E-state index contributed by atoms with van der Waals surface area (Å²) in [6.07, 6.45) is 1.45. The second-order valence-electron chi connectivity index (χ2n) is 6.79. The van der Waals surface area contributed by atoms with Gasteiger partial charge in [0.15, 0.2) is 0 Å². The summed E-state index contributed by atoms with van der Waals surface area (Å²) < 4.78 is 7.07. The Hall–Kier alpha value is -1.89. The fourth-order valence-corrected chi connectivity index (χ4v) is 3.17. The number of ether oxygens (including phenoxy) is 1. The second kappa shape index (κ2) is 7.34. The van der Waals surface area contributed by atoms with Crippen molar-refractivity contribution in [3.63, 3.8) is 0 Å². The van der Waals surface area contributed by atoms with E-state index in [1.165, 1.54) is 0 Å². The number of nitrogens with zero attached hydrogens (tertiary/aromatic N) is 2. The normalized spacial score (nSPS) is 18.2. The number of carbonyl (C=O) groups excluding carboxylic acids is 1. The monoisotopic (exact) mass is 337 g/mol. The van der Waals surface area contributed by atoms with Crippen LogP contribution >= 0.6 is 0 Å². The van der Waals surface area contributed by atoms with Gasteiger partial charge < -0.3 is 15.2 Å². The van der Waals surface area contributed by atoms with Gasteiger partial charge in [0.25, 0.3) is 0 Å². The van der Waals surface area contributed by atoms with Crippen LogP contribution in [0.5, 0.6) is 0 Å². The highest BCUT2D eigenvalue weighted by molar-refractivity contribution is 5.80. The zero-order valence-corrected chi connectivity index (χ0v) is 14.9. The molecule has 2 rings (SSSR count). The molecule has 0 radical (unpaired) electrons. The molecule has 134 valence electrons. The van der Waals surface area contributed by atoms with Crippen molar-refractivity contribution in [2.45, 2.75) is 40.0 Å². The van der Waals surface area contributed by atoms with E-state index in [0.29, 0.717) is 32.5 Å². The van der Waals surface area contributed by atoms with E-state index in [4.69, 9.17) is 4.74 Å². The average molecular weight is 337 g/mol. The van der Waals surface area contributed by atoms with Crippen LogP contribution < -0.4 is 5.32 Å². The van der Waals surface area contributed by atoms with Gasteiger partial charge >= 0.3 is 5.97 Å². The van der Waals surface area contributed by atoms with Crippen LogP contribution in [0.2, 0.25) is 0 Å². The molecule has 1 aromatic heterocycles. The molecule has 1 aromatic rings. The minimum absolute atomic E-state index is 0.121. The molecule has 0 aliphatic carbocycles. The fraction of sp³-hybridized carbons (Fsp3) is 0.706.